The van der Waals surface area contributed by atoms with E-state index in [9.17, 15) is 0 Å². The SMILES string of the molecule is CCCNC1CCOc2ccc(-c3ccccc3)cc21. The molecule has 2 heteroatoms. The zero-order valence-corrected chi connectivity index (χ0v) is 11.9. The lowest BCUT2D eigenvalue weighted by Gasteiger charge is -2.27. The molecule has 1 aliphatic rings. The molecule has 2 aromatic rings. The summed E-state index contributed by atoms with van der Waals surface area (Å²) in [5, 5.41) is 3.63. The molecule has 0 aliphatic carbocycles. The van der Waals surface area contributed by atoms with Gasteiger partial charge in [-0.2, -0.15) is 0 Å². The summed E-state index contributed by atoms with van der Waals surface area (Å²) in [6.45, 7) is 4.06. The first-order valence-electron chi connectivity index (χ1n) is 7.44. The molecule has 2 aromatic carbocycles. The standard InChI is InChI=1S/C18H21NO/c1-2-11-19-17-10-12-20-18-9-8-15(13-16(17)18)14-6-4-3-5-7-14/h3-9,13,17,19H,2,10-12H2,1H3. The molecule has 0 bridgehead atoms. The molecule has 0 radical (unpaired) electrons. The van der Waals surface area contributed by atoms with Gasteiger partial charge in [-0.15, -0.1) is 0 Å². The Morgan fingerprint density at radius 1 is 1.10 bits per heavy atom. The quantitative estimate of drug-likeness (QED) is 0.897. The highest BCUT2D eigenvalue weighted by Crippen LogP contribution is 2.35. The van der Waals surface area contributed by atoms with Gasteiger partial charge in [0, 0.05) is 18.0 Å². The fraction of sp³-hybridized carbons (Fsp3) is 0.333. The minimum atomic E-state index is 0.419. The topological polar surface area (TPSA) is 21.3 Å². The van der Waals surface area contributed by atoms with E-state index in [1.165, 1.54) is 16.7 Å². The van der Waals surface area contributed by atoms with Crippen molar-refractivity contribution >= 4 is 0 Å². The van der Waals surface area contributed by atoms with Crippen LogP contribution in [0.2, 0.25) is 0 Å². The van der Waals surface area contributed by atoms with Crippen LogP contribution in [0.25, 0.3) is 11.1 Å². The normalized spacial score (nSPS) is 17.4. The molecule has 0 spiro atoms. The maximum absolute atomic E-state index is 5.78. The van der Waals surface area contributed by atoms with Gasteiger partial charge in [0.15, 0.2) is 0 Å². The van der Waals surface area contributed by atoms with Crippen LogP contribution >= 0.6 is 0 Å². The number of benzene rings is 2. The molecule has 0 saturated carbocycles. The van der Waals surface area contributed by atoms with Crippen LogP contribution < -0.4 is 10.1 Å². The maximum atomic E-state index is 5.78. The van der Waals surface area contributed by atoms with Gasteiger partial charge < -0.3 is 10.1 Å². The molecule has 1 atom stereocenters. The summed E-state index contributed by atoms with van der Waals surface area (Å²) in [5.41, 5.74) is 3.82. The zero-order chi connectivity index (χ0) is 13.8. The zero-order valence-electron chi connectivity index (χ0n) is 11.9. The summed E-state index contributed by atoms with van der Waals surface area (Å²) in [6, 6.07) is 17.5. The first kappa shape index (κ1) is 13.2. The molecule has 104 valence electrons. The maximum Gasteiger partial charge on any atom is 0.124 e. The van der Waals surface area contributed by atoms with Crippen LogP contribution in [0.15, 0.2) is 48.5 Å². The van der Waals surface area contributed by atoms with E-state index in [2.05, 4.69) is 60.8 Å². The monoisotopic (exact) mass is 267 g/mol. The number of hydrogen-bond donors (Lipinski definition) is 1. The largest absolute Gasteiger partial charge is 0.493 e. The Bertz CT molecular complexity index is 565. The summed E-state index contributed by atoms with van der Waals surface area (Å²) in [4.78, 5) is 0. The second kappa shape index (κ2) is 6.10. The number of nitrogens with one attached hydrogen (secondary N) is 1. The van der Waals surface area contributed by atoms with E-state index in [0.29, 0.717) is 6.04 Å². The van der Waals surface area contributed by atoms with Crippen molar-refractivity contribution in [1.29, 1.82) is 0 Å². The van der Waals surface area contributed by atoms with Crippen molar-refractivity contribution in [2.75, 3.05) is 13.2 Å². The molecular weight excluding hydrogens is 246 g/mol. The van der Waals surface area contributed by atoms with Gasteiger partial charge in [-0.1, -0.05) is 43.3 Å². The fourth-order valence-corrected chi connectivity index (χ4v) is 2.74. The highest BCUT2D eigenvalue weighted by Gasteiger charge is 2.21. The Morgan fingerprint density at radius 3 is 2.75 bits per heavy atom. The van der Waals surface area contributed by atoms with Crippen LogP contribution in [0.1, 0.15) is 31.4 Å². The van der Waals surface area contributed by atoms with Gasteiger partial charge >= 0.3 is 0 Å². The van der Waals surface area contributed by atoms with Crippen molar-refractivity contribution in [2.45, 2.75) is 25.8 Å². The van der Waals surface area contributed by atoms with Gasteiger partial charge in [-0.05, 0) is 36.2 Å². The number of ether oxygens (including phenoxy) is 1. The molecule has 1 unspecified atom stereocenters. The third-order valence-corrected chi connectivity index (χ3v) is 3.80. The van der Waals surface area contributed by atoms with Gasteiger partial charge in [-0.25, -0.2) is 0 Å². The summed E-state index contributed by atoms with van der Waals surface area (Å²) < 4.78 is 5.78. The molecular formula is C18H21NO. The Morgan fingerprint density at radius 2 is 1.95 bits per heavy atom. The summed E-state index contributed by atoms with van der Waals surface area (Å²) >= 11 is 0. The molecule has 1 aliphatic heterocycles. The van der Waals surface area contributed by atoms with Gasteiger partial charge in [0.05, 0.1) is 6.61 Å². The first-order chi connectivity index (χ1) is 9.88. The lowest BCUT2D eigenvalue weighted by atomic mass is 9.95. The first-order valence-corrected chi connectivity index (χ1v) is 7.44. The van der Waals surface area contributed by atoms with Crippen molar-refractivity contribution in [3.8, 4) is 16.9 Å². The second-order valence-electron chi connectivity index (χ2n) is 5.26. The van der Waals surface area contributed by atoms with E-state index < -0.39 is 0 Å². The van der Waals surface area contributed by atoms with Gasteiger partial charge in [0.2, 0.25) is 0 Å². The Labute approximate surface area is 120 Å². The van der Waals surface area contributed by atoms with E-state index >= 15 is 0 Å². The van der Waals surface area contributed by atoms with Gasteiger partial charge in [0.1, 0.15) is 5.75 Å². The predicted octanol–water partition coefficient (Wildman–Crippen LogP) is 4.18. The number of rotatable bonds is 4. The highest BCUT2D eigenvalue weighted by atomic mass is 16.5. The van der Waals surface area contributed by atoms with Crippen LogP contribution in [0.3, 0.4) is 0 Å². The van der Waals surface area contributed by atoms with Gasteiger partial charge in [0.25, 0.3) is 0 Å². The smallest absolute Gasteiger partial charge is 0.124 e. The van der Waals surface area contributed by atoms with Crippen LogP contribution in [0, 0.1) is 0 Å². The Balaban J connectivity index is 1.93. The molecule has 1 heterocycles. The minimum Gasteiger partial charge on any atom is -0.493 e. The van der Waals surface area contributed by atoms with Crippen LogP contribution in [0.4, 0.5) is 0 Å². The van der Waals surface area contributed by atoms with E-state index in [-0.39, 0.29) is 0 Å². The Kier molecular flexibility index (Phi) is 4.03. The number of fused-ring (bicyclic) bond motifs is 1. The minimum absolute atomic E-state index is 0.419. The lowest BCUT2D eigenvalue weighted by Crippen LogP contribution is -2.27. The van der Waals surface area contributed by atoms with E-state index in [1.54, 1.807) is 0 Å². The van der Waals surface area contributed by atoms with E-state index in [1.807, 2.05) is 0 Å². The Hall–Kier alpha value is -1.80. The lowest BCUT2D eigenvalue weighted by molar-refractivity contribution is 0.253. The van der Waals surface area contributed by atoms with Crippen molar-refractivity contribution in [1.82, 2.24) is 5.32 Å². The third-order valence-electron chi connectivity index (χ3n) is 3.80. The summed E-state index contributed by atoms with van der Waals surface area (Å²) in [6.07, 6.45) is 2.20. The van der Waals surface area contributed by atoms with E-state index in [4.69, 9.17) is 4.74 Å². The molecule has 2 nitrogen and oxygen atoms in total. The van der Waals surface area contributed by atoms with Gasteiger partial charge in [-0.3, -0.25) is 0 Å². The second-order valence-corrected chi connectivity index (χ2v) is 5.26. The van der Waals surface area contributed by atoms with Crippen LogP contribution in [-0.2, 0) is 0 Å². The molecule has 0 amide bonds. The van der Waals surface area contributed by atoms with Crippen molar-refractivity contribution < 1.29 is 4.74 Å². The van der Waals surface area contributed by atoms with Crippen molar-refractivity contribution in [3.05, 3.63) is 54.1 Å². The molecule has 0 fully saturated rings. The third kappa shape index (κ3) is 2.70. The predicted molar refractivity (Wildman–Crippen MR) is 83.0 cm³/mol. The fourth-order valence-electron chi connectivity index (χ4n) is 2.74. The molecule has 3 rings (SSSR count). The summed E-state index contributed by atoms with van der Waals surface area (Å²) in [5.74, 6) is 1.03. The molecule has 0 aromatic heterocycles. The average molecular weight is 267 g/mol. The average Bonchev–Trinajstić information content (AvgIpc) is 2.53. The van der Waals surface area contributed by atoms with Crippen molar-refractivity contribution in [2.24, 2.45) is 0 Å². The number of hydrogen-bond acceptors (Lipinski definition) is 2. The highest BCUT2D eigenvalue weighted by molar-refractivity contribution is 5.66. The molecule has 1 N–H and O–H groups in total. The van der Waals surface area contributed by atoms with Crippen molar-refractivity contribution in [3.63, 3.8) is 0 Å². The molecule has 20 heavy (non-hydrogen) atoms. The van der Waals surface area contributed by atoms with Crippen LogP contribution in [0.5, 0.6) is 5.75 Å². The molecule has 0 saturated heterocycles. The van der Waals surface area contributed by atoms with Crippen LogP contribution in [-0.4, -0.2) is 13.2 Å². The summed E-state index contributed by atoms with van der Waals surface area (Å²) in [7, 11) is 0. The van der Waals surface area contributed by atoms with E-state index in [0.717, 1.165) is 31.7 Å².